The Labute approximate surface area is 56.0 Å². The van der Waals surface area contributed by atoms with Gasteiger partial charge >= 0.3 is 0 Å². The second kappa shape index (κ2) is 2.77. The van der Waals surface area contributed by atoms with Gasteiger partial charge in [0.25, 0.3) is 0 Å². The van der Waals surface area contributed by atoms with Crippen molar-refractivity contribution >= 4 is 11.8 Å². The largest absolute Gasteiger partial charge is 0.155 e. The minimum absolute atomic E-state index is 0.679. The lowest BCUT2D eigenvalue weighted by atomic mass is 10.1. The molecule has 0 nitrogen and oxygen atoms in total. The van der Waals surface area contributed by atoms with Crippen LogP contribution in [0.25, 0.3) is 0 Å². The summed E-state index contributed by atoms with van der Waals surface area (Å²) >= 11 is 2.03. The number of hydrogen-bond donors (Lipinski definition) is 0. The van der Waals surface area contributed by atoms with Crippen molar-refractivity contribution in [3.05, 3.63) is 6.42 Å². The Morgan fingerprint density at radius 2 is 2.25 bits per heavy atom. The summed E-state index contributed by atoms with van der Waals surface area (Å²) in [7, 11) is 0. The highest BCUT2D eigenvalue weighted by Crippen LogP contribution is 2.29. The molecule has 0 N–H and O–H groups in total. The van der Waals surface area contributed by atoms with Crippen LogP contribution in [0.15, 0.2) is 0 Å². The predicted molar refractivity (Wildman–Crippen MR) is 39.0 cm³/mol. The first-order valence-electron chi connectivity index (χ1n) is 3.18. The summed E-state index contributed by atoms with van der Waals surface area (Å²) < 4.78 is 0. The summed E-state index contributed by atoms with van der Waals surface area (Å²) in [6.07, 6.45) is 5.91. The lowest BCUT2D eigenvalue weighted by Gasteiger charge is -2.21. The lowest BCUT2D eigenvalue weighted by molar-refractivity contribution is 0.748. The quantitative estimate of drug-likeness (QED) is 0.482. The zero-order chi connectivity index (χ0) is 5.98. The fraction of sp³-hybridized carbons (Fsp3) is 0.857. The SMILES string of the molecule is CC1[C]CCC(C)S1. The Hall–Kier alpha value is 0.350. The maximum absolute atomic E-state index is 3.38. The molecule has 46 valence electrons. The van der Waals surface area contributed by atoms with E-state index in [-0.39, 0.29) is 0 Å². The van der Waals surface area contributed by atoms with Gasteiger partial charge in [-0.15, -0.1) is 0 Å². The monoisotopic (exact) mass is 128 g/mol. The van der Waals surface area contributed by atoms with Crippen LogP contribution in [0.3, 0.4) is 0 Å². The molecule has 1 heterocycles. The van der Waals surface area contributed by atoms with Gasteiger partial charge in [-0.3, -0.25) is 0 Å². The predicted octanol–water partition coefficient (Wildman–Crippen LogP) is 2.37. The summed E-state index contributed by atoms with van der Waals surface area (Å²) in [5.74, 6) is 0. The fourth-order valence-electron chi connectivity index (χ4n) is 0.954. The highest BCUT2D eigenvalue weighted by Gasteiger charge is 2.14. The van der Waals surface area contributed by atoms with Crippen LogP contribution >= 0.6 is 11.8 Å². The average Bonchev–Trinajstić information content (AvgIpc) is 1.64. The van der Waals surface area contributed by atoms with Crippen molar-refractivity contribution in [3.8, 4) is 0 Å². The van der Waals surface area contributed by atoms with Gasteiger partial charge in [0.05, 0.1) is 0 Å². The van der Waals surface area contributed by atoms with Crippen LogP contribution in [-0.4, -0.2) is 10.5 Å². The molecule has 2 atom stereocenters. The van der Waals surface area contributed by atoms with Gasteiger partial charge in [-0.1, -0.05) is 13.8 Å². The van der Waals surface area contributed by atoms with E-state index < -0.39 is 0 Å². The van der Waals surface area contributed by atoms with Crippen LogP contribution in [-0.2, 0) is 0 Å². The molecule has 0 spiro atoms. The molecule has 0 amide bonds. The van der Waals surface area contributed by atoms with Crippen molar-refractivity contribution in [3.63, 3.8) is 0 Å². The smallest absolute Gasteiger partial charge is 0.00897 e. The summed E-state index contributed by atoms with van der Waals surface area (Å²) in [6.45, 7) is 4.52. The molecule has 0 aromatic rings. The molecule has 0 bridgehead atoms. The van der Waals surface area contributed by atoms with Crippen molar-refractivity contribution in [1.82, 2.24) is 0 Å². The van der Waals surface area contributed by atoms with Crippen molar-refractivity contribution in [2.75, 3.05) is 0 Å². The van der Waals surface area contributed by atoms with Crippen LogP contribution in [0.5, 0.6) is 0 Å². The lowest BCUT2D eigenvalue weighted by Crippen LogP contribution is -2.11. The van der Waals surface area contributed by atoms with E-state index in [1.54, 1.807) is 0 Å². The first-order chi connectivity index (χ1) is 3.79. The molecule has 1 aliphatic heterocycles. The Morgan fingerprint density at radius 1 is 1.50 bits per heavy atom. The van der Waals surface area contributed by atoms with Crippen molar-refractivity contribution in [2.45, 2.75) is 37.2 Å². The molecule has 8 heavy (non-hydrogen) atoms. The molecular formula is C7H12S. The Morgan fingerprint density at radius 3 is 2.62 bits per heavy atom. The van der Waals surface area contributed by atoms with E-state index in [0.717, 1.165) is 5.25 Å². The van der Waals surface area contributed by atoms with E-state index in [0.29, 0.717) is 5.25 Å². The number of rotatable bonds is 0. The van der Waals surface area contributed by atoms with Gasteiger partial charge in [0.2, 0.25) is 0 Å². The molecule has 1 heteroatoms. The van der Waals surface area contributed by atoms with Crippen molar-refractivity contribution in [1.29, 1.82) is 0 Å². The second-order valence-corrected chi connectivity index (χ2v) is 4.12. The van der Waals surface area contributed by atoms with E-state index in [1.807, 2.05) is 11.8 Å². The topological polar surface area (TPSA) is 0 Å². The summed E-state index contributed by atoms with van der Waals surface area (Å²) in [6, 6.07) is 0. The Balaban J connectivity index is 2.23. The molecular weight excluding hydrogens is 116 g/mol. The molecule has 0 aromatic heterocycles. The van der Waals surface area contributed by atoms with E-state index in [9.17, 15) is 0 Å². The van der Waals surface area contributed by atoms with Gasteiger partial charge in [-0.2, -0.15) is 11.8 Å². The first-order valence-corrected chi connectivity index (χ1v) is 4.12. The minimum Gasteiger partial charge on any atom is -0.155 e. The normalized spacial score (nSPS) is 39.8. The fourth-order valence-corrected chi connectivity index (χ4v) is 2.12. The van der Waals surface area contributed by atoms with Gasteiger partial charge in [0.1, 0.15) is 0 Å². The highest BCUT2D eigenvalue weighted by atomic mass is 32.2. The molecule has 2 unspecified atom stereocenters. The molecule has 1 fully saturated rings. The van der Waals surface area contributed by atoms with Gasteiger partial charge in [0, 0.05) is 10.5 Å². The van der Waals surface area contributed by atoms with E-state index in [4.69, 9.17) is 0 Å². The number of hydrogen-bond acceptors (Lipinski definition) is 1. The maximum atomic E-state index is 3.38. The van der Waals surface area contributed by atoms with Gasteiger partial charge in [-0.25, -0.2) is 0 Å². The summed E-state index contributed by atoms with van der Waals surface area (Å²) in [5, 5.41) is 1.55. The third-order valence-electron chi connectivity index (χ3n) is 1.42. The van der Waals surface area contributed by atoms with Crippen molar-refractivity contribution < 1.29 is 0 Å². The average molecular weight is 128 g/mol. The molecule has 1 rings (SSSR count). The molecule has 0 aromatic carbocycles. The molecule has 1 saturated heterocycles. The molecule has 0 saturated carbocycles. The summed E-state index contributed by atoms with van der Waals surface area (Å²) in [5.41, 5.74) is 0. The van der Waals surface area contributed by atoms with Crippen LogP contribution in [0.4, 0.5) is 0 Å². The zero-order valence-electron chi connectivity index (χ0n) is 5.48. The Kier molecular flexibility index (Phi) is 2.24. The third kappa shape index (κ3) is 1.70. The van der Waals surface area contributed by atoms with E-state index in [2.05, 4.69) is 20.3 Å². The third-order valence-corrected chi connectivity index (χ3v) is 2.69. The zero-order valence-corrected chi connectivity index (χ0v) is 6.29. The number of thioether (sulfide) groups is 1. The first kappa shape index (κ1) is 6.47. The standard InChI is InChI=1S/C7H12S/c1-6-4-3-5-7(2)8-6/h6-7H,3-4H2,1-2H3. The van der Waals surface area contributed by atoms with Crippen LogP contribution in [0.2, 0.25) is 0 Å². The van der Waals surface area contributed by atoms with Gasteiger partial charge in [-0.05, 0) is 19.3 Å². The van der Waals surface area contributed by atoms with Gasteiger partial charge in [0.15, 0.2) is 0 Å². The Bertz CT molecular complexity index is 62.8. The summed E-state index contributed by atoms with van der Waals surface area (Å²) in [4.78, 5) is 0. The van der Waals surface area contributed by atoms with Crippen LogP contribution in [0, 0.1) is 6.42 Å². The molecule has 2 radical (unpaired) electrons. The maximum Gasteiger partial charge on any atom is 0.00897 e. The molecule has 0 aliphatic carbocycles. The second-order valence-electron chi connectivity index (χ2n) is 2.33. The van der Waals surface area contributed by atoms with Crippen molar-refractivity contribution in [2.24, 2.45) is 0 Å². The molecule has 1 aliphatic rings. The van der Waals surface area contributed by atoms with E-state index in [1.165, 1.54) is 12.8 Å². The van der Waals surface area contributed by atoms with Crippen LogP contribution in [0.1, 0.15) is 26.7 Å². The van der Waals surface area contributed by atoms with E-state index >= 15 is 0 Å². The minimum atomic E-state index is 0.679. The van der Waals surface area contributed by atoms with Gasteiger partial charge < -0.3 is 0 Å². The van der Waals surface area contributed by atoms with Crippen LogP contribution < -0.4 is 0 Å². The highest BCUT2D eigenvalue weighted by molar-refractivity contribution is 8.00.